The Bertz CT molecular complexity index is 1250. The van der Waals surface area contributed by atoms with Crippen LogP contribution in [0.3, 0.4) is 0 Å². The summed E-state index contributed by atoms with van der Waals surface area (Å²) in [7, 11) is 1.77. The van der Waals surface area contributed by atoms with Crippen LogP contribution >= 0.6 is 0 Å². The zero-order valence-electron chi connectivity index (χ0n) is 20.8. The van der Waals surface area contributed by atoms with Crippen LogP contribution < -0.4 is 15.8 Å². The molecule has 0 aliphatic carbocycles. The van der Waals surface area contributed by atoms with Gasteiger partial charge in [-0.25, -0.2) is 9.97 Å². The van der Waals surface area contributed by atoms with Gasteiger partial charge in [0.25, 0.3) is 0 Å². The molecule has 184 valence electrons. The van der Waals surface area contributed by atoms with Gasteiger partial charge in [0.15, 0.2) is 5.82 Å². The summed E-state index contributed by atoms with van der Waals surface area (Å²) in [6, 6.07) is 5.30. The largest absolute Gasteiger partial charge is 0.491 e. The van der Waals surface area contributed by atoms with E-state index in [1.165, 1.54) is 0 Å². The summed E-state index contributed by atoms with van der Waals surface area (Å²) >= 11 is 0. The first-order valence-electron chi connectivity index (χ1n) is 11.3. The number of hydrogen-bond donors (Lipinski definition) is 3. The minimum atomic E-state index is -0.655. The maximum Gasteiger partial charge on any atom is 0.160 e. The molecule has 10 nitrogen and oxygen atoms in total. The lowest BCUT2D eigenvalue weighted by Gasteiger charge is -2.15. The van der Waals surface area contributed by atoms with Crippen molar-refractivity contribution < 1.29 is 18.9 Å². The Balaban J connectivity index is 1.88. The number of benzene rings is 1. The molecule has 0 aliphatic heterocycles. The number of anilines is 1. The van der Waals surface area contributed by atoms with E-state index in [2.05, 4.69) is 15.6 Å². The van der Waals surface area contributed by atoms with E-state index in [1.807, 2.05) is 34.6 Å². The molecule has 3 aromatic heterocycles. The number of hydrogen-bond acceptors (Lipinski definition) is 10. The fourth-order valence-corrected chi connectivity index (χ4v) is 4.10. The van der Waals surface area contributed by atoms with Crippen LogP contribution in [0, 0.1) is 34.6 Å². The SMILES string of the molecule is CNCC(O)COc1cc(N)cc(-c2nc(-c3c(C)noc3C)c(C)c(-c3c(C)noc3C)n2)c1. The van der Waals surface area contributed by atoms with Gasteiger partial charge in [0, 0.05) is 29.4 Å². The Kier molecular flexibility index (Phi) is 6.86. The van der Waals surface area contributed by atoms with Gasteiger partial charge in [-0.05, 0) is 53.8 Å². The predicted octanol–water partition coefficient (Wildman–Crippen LogP) is 3.54. The number of nitrogens with two attached hydrogens (primary N) is 1. The minimum Gasteiger partial charge on any atom is -0.491 e. The zero-order chi connectivity index (χ0) is 25.3. The van der Waals surface area contributed by atoms with Gasteiger partial charge in [0.1, 0.15) is 30.0 Å². The lowest BCUT2D eigenvalue weighted by atomic mass is 9.99. The molecule has 10 heteroatoms. The van der Waals surface area contributed by atoms with Crippen LogP contribution in [0.25, 0.3) is 33.9 Å². The number of nitrogens with one attached hydrogen (secondary N) is 1. The van der Waals surface area contributed by atoms with Crippen LogP contribution in [0.15, 0.2) is 27.2 Å². The molecule has 35 heavy (non-hydrogen) atoms. The van der Waals surface area contributed by atoms with Gasteiger partial charge in [0.05, 0.1) is 33.9 Å². The van der Waals surface area contributed by atoms with Gasteiger partial charge < -0.3 is 29.9 Å². The van der Waals surface area contributed by atoms with Crippen LogP contribution in [0.5, 0.6) is 5.75 Å². The monoisotopic (exact) mass is 478 g/mol. The lowest BCUT2D eigenvalue weighted by Crippen LogP contribution is -2.29. The van der Waals surface area contributed by atoms with Gasteiger partial charge in [-0.1, -0.05) is 10.3 Å². The normalized spacial score (nSPS) is 12.2. The molecule has 0 amide bonds. The van der Waals surface area contributed by atoms with Crippen molar-refractivity contribution in [3.63, 3.8) is 0 Å². The molecule has 0 saturated heterocycles. The number of aryl methyl sites for hydroxylation is 4. The molecule has 0 radical (unpaired) electrons. The van der Waals surface area contributed by atoms with Crippen LogP contribution in [0.4, 0.5) is 5.69 Å². The highest BCUT2D eigenvalue weighted by Crippen LogP contribution is 2.37. The second-order valence-corrected chi connectivity index (χ2v) is 8.58. The van der Waals surface area contributed by atoms with Gasteiger partial charge in [-0.15, -0.1) is 0 Å². The maximum absolute atomic E-state index is 10.0. The lowest BCUT2D eigenvalue weighted by molar-refractivity contribution is 0.108. The van der Waals surface area contributed by atoms with E-state index >= 15 is 0 Å². The van der Waals surface area contributed by atoms with E-state index in [9.17, 15) is 5.11 Å². The Hall–Kier alpha value is -3.76. The van der Waals surface area contributed by atoms with E-state index in [4.69, 9.17) is 29.5 Å². The Morgan fingerprint density at radius 2 is 1.51 bits per heavy atom. The molecule has 4 aromatic rings. The van der Waals surface area contributed by atoms with E-state index in [0.29, 0.717) is 52.3 Å². The molecule has 0 saturated carbocycles. The zero-order valence-corrected chi connectivity index (χ0v) is 20.8. The highest BCUT2D eigenvalue weighted by Gasteiger charge is 2.24. The van der Waals surface area contributed by atoms with Gasteiger partial charge in [-0.3, -0.25) is 0 Å². The Morgan fingerprint density at radius 1 is 0.943 bits per heavy atom. The van der Waals surface area contributed by atoms with Crippen LogP contribution in [0.1, 0.15) is 28.5 Å². The van der Waals surface area contributed by atoms with Crippen molar-refractivity contribution >= 4 is 5.69 Å². The van der Waals surface area contributed by atoms with Crippen molar-refractivity contribution in [2.45, 2.75) is 40.7 Å². The predicted molar refractivity (Wildman–Crippen MR) is 132 cm³/mol. The molecule has 1 unspecified atom stereocenters. The number of ether oxygens (including phenoxy) is 1. The second kappa shape index (κ2) is 9.85. The van der Waals surface area contributed by atoms with Crippen molar-refractivity contribution in [1.29, 1.82) is 0 Å². The fraction of sp³-hybridized carbons (Fsp3) is 0.360. The average Bonchev–Trinajstić information content (AvgIpc) is 3.32. The number of nitrogens with zero attached hydrogens (tertiary/aromatic N) is 4. The summed E-state index contributed by atoms with van der Waals surface area (Å²) in [4.78, 5) is 9.82. The Morgan fingerprint density at radius 3 is 2.00 bits per heavy atom. The number of nitrogen functional groups attached to an aromatic ring is 1. The summed E-state index contributed by atoms with van der Waals surface area (Å²) < 4.78 is 16.7. The highest BCUT2D eigenvalue weighted by molar-refractivity contribution is 5.79. The van der Waals surface area contributed by atoms with E-state index in [-0.39, 0.29) is 6.61 Å². The molecular formula is C25H30N6O4. The number of aliphatic hydroxyl groups is 1. The third kappa shape index (κ3) is 4.89. The summed E-state index contributed by atoms with van der Waals surface area (Å²) in [5, 5.41) is 21.2. The van der Waals surface area contributed by atoms with Crippen molar-refractivity contribution in [1.82, 2.24) is 25.6 Å². The average molecular weight is 479 g/mol. The van der Waals surface area contributed by atoms with E-state index < -0.39 is 6.10 Å². The number of likely N-dealkylation sites (N-methyl/N-ethyl adjacent to an activating group) is 1. The number of aromatic nitrogens is 4. The first kappa shape index (κ1) is 24.4. The summed E-state index contributed by atoms with van der Waals surface area (Å²) in [5.74, 6) is 2.29. The summed E-state index contributed by atoms with van der Waals surface area (Å²) in [6.07, 6.45) is -0.655. The highest BCUT2D eigenvalue weighted by atomic mass is 16.5. The van der Waals surface area contributed by atoms with Crippen LogP contribution in [-0.4, -0.2) is 51.7 Å². The first-order valence-corrected chi connectivity index (χ1v) is 11.3. The quantitative estimate of drug-likeness (QED) is 0.321. The van der Waals surface area contributed by atoms with Crippen molar-refractivity contribution in [3.05, 3.63) is 46.7 Å². The molecule has 4 N–H and O–H groups in total. The Labute approximate surface area is 203 Å². The fourth-order valence-electron chi connectivity index (χ4n) is 4.10. The number of rotatable bonds is 8. The number of aliphatic hydroxyl groups excluding tert-OH is 1. The second-order valence-electron chi connectivity index (χ2n) is 8.58. The van der Waals surface area contributed by atoms with Crippen LogP contribution in [0.2, 0.25) is 0 Å². The molecule has 3 heterocycles. The molecule has 0 spiro atoms. The molecule has 0 bridgehead atoms. The molecule has 1 aromatic carbocycles. The van der Waals surface area contributed by atoms with Crippen molar-refractivity contribution in [2.24, 2.45) is 0 Å². The van der Waals surface area contributed by atoms with Gasteiger partial charge in [0.2, 0.25) is 0 Å². The summed E-state index contributed by atoms with van der Waals surface area (Å²) in [6.45, 7) is 9.97. The van der Waals surface area contributed by atoms with Crippen molar-refractivity contribution in [3.8, 4) is 39.7 Å². The van der Waals surface area contributed by atoms with E-state index in [1.54, 1.807) is 25.2 Å². The molecule has 0 fully saturated rings. The molecule has 1 atom stereocenters. The topological polar surface area (TPSA) is 145 Å². The summed E-state index contributed by atoms with van der Waals surface area (Å²) in [5.41, 5.74) is 12.7. The minimum absolute atomic E-state index is 0.118. The third-order valence-electron chi connectivity index (χ3n) is 5.76. The van der Waals surface area contributed by atoms with Gasteiger partial charge in [-0.2, -0.15) is 0 Å². The standard InChI is InChI=1S/C25H30N6O4/c1-12-23(21-13(2)30-34-15(21)4)28-25(29-24(12)22-14(3)31-35-16(22)5)17-7-18(26)9-20(8-17)33-11-19(32)10-27-6/h7-9,19,27,32H,10-11,26H2,1-6H3. The molecular weight excluding hydrogens is 448 g/mol. The first-order chi connectivity index (χ1) is 16.7. The van der Waals surface area contributed by atoms with E-state index in [0.717, 1.165) is 28.1 Å². The van der Waals surface area contributed by atoms with Gasteiger partial charge >= 0.3 is 0 Å². The van der Waals surface area contributed by atoms with Crippen LogP contribution in [-0.2, 0) is 0 Å². The molecule has 0 aliphatic rings. The van der Waals surface area contributed by atoms with Crippen molar-refractivity contribution in [2.75, 3.05) is 25.9 Å². The smallest absolute Gasteiger partial charge is 0.160 e. The maximum atomic E-state index is 10.0. The molecule has 4 rings (SSSR count). The third-order valence-corrected chi connectivity index (χ3v) is 5.76.